The SMILES string of the molecule is CSCCOc1c(Br)cc(CNCC(C)C)cc1Br. The van der Waals surface area contributed by atoms with E-state index < -0.39 is 0 Å². The third kappa shape index (κ3) is 6.52. The zero-order chi connectivity index (χ0) is 14.3. The average Bonchev–Trinajstić information content (AvgIpc) is 2.32. The second kappa shape index (κ2) is 9.27. The molecular formula is C14H21Br2NOS. The minimum atomic E-state index is 0.668. The van der Waals surface area contributed by atoms with Crippen molar-refractivity contribution in [2.75, 3.05) is 25.2 Å². The Labute approximate surface area is 137 Å². The van der Waals surface area contributed by atoms with E-state index in [1.807, 2.05) is 0 Å². The molecule has 0 bridgehead atoms. The lowest BCUT2D eigenvalue weighted by Crippen LogP contribution is -2.19. The fourth-order valence-electron chi connectivity index (χ4n) is 1.58. The molecule has 19 heavy (non-hydrogen) atoms. The highest BCUT2D eigenvalue weighted by Gasteiger charge is 2.09. The molecule has 1 aromatic rings. The number of thioether (sulfide) groups is 1. The summed E-state index contributed by atoms with van der Waals surface area (Å²) < 4.78 is 7.78. The van der Waals surface area contributed by atoms with Gasteiger partial charge in [-0.05, 0) is 68.3 Å². The van der Waals surface area contributed by atoms with Gasteiger partial charge in [0, 0.05) is 12.3 Å². The highest BCUT2D eigenvalue weighted by molar-refractivity contribution is 9.11. The first-order valence-electron chi connectivity index (χ1n) is 6.35. The average molecular weight is 411 g/mol. The van der Waals surface area contributed by atoms with Crippen LogP contribution in [0.3, 0.4) is 0 Å². The molecular weight excluding hydrogens is 390 g/mol. The molecule has 0 aromatic heterocycles. The quantitative estimate of drug-likeness (QED) is 0.627. The molecule has 0 aliphatic rings. The summed E-state index contributed by atoms with van der Waals surface area (Å²) in [6.07, 6.45) is 2.08. The second-order valence-electron chi connectivity index (χ2n) is 4.75. The number of halogens is 2. The molecule has 2 nitrogen and oxygen atoms in total. The van der Waals surface area contributed by atoms with E-state index in [4.69, 9.17) is 4.74 Å². The normalized spacial score (nSPS) is 11.1. The fraction of sp³-hybridized carbons (Fsp3) is 0.571. The molecule has 1 N–H and O–H groups in total. The lowest BCUT2D eigenvalue weighted by molar-refractivity contribution is 0.339. The Balaban J connectivity index is 2.62. The van der Waals surface area contributed by atoms with Crippen LogP contribution in [0.4, 0.5) is 0 Å². The van der Waals surface area contributed by atoms with Gasteiger partial charge in [-0.25, -0.2) is 0 Å². The highest BCUT2D eigenvalue weighted by atomic mass is 79.9. The van der Waals surface area contributed by atoms with Gasteiger partial charge in [0.15, 0.2) is 0 Å². The molecule has 0 aliphatic carbocycles. The topological polar surface area (TPSA) is 21.3 Å². The summed E-state index contributed by atoms with van der Waals surface area (Å²) in [6, 6.07) is 4.24. The molecule has 0 radical (unpaired) electrons. The number of rotatable bonds is 8. The van der Waals surface area contributed by atoms with Crippen LogP contribution in [0.5, 0.6) is 5.75 Å². The molecule has 0 aliphatic heterocycles. The molecule has 0 amide bonds. The minimum Gasteiger partial charge on any atom is -0.490 e. The highest BCUT2D eigenvalue weighted by Crippen LogP contribution is 2.34. The van der Waals surface area contributed by atoms with E-state index in [9.17, 15) is 0 Å². The van der Waals surface area contributed by atoms with Gasteiger partial charge in [-0.2, -0.15) is 11.8 Å². The van der Waals surface area contributed by atoms with E-state index in [-0.39, 0.29) is 0 Å². The first-order chi connectivity index (χ1) is 9.04. The molecule has 1 aromatic carbocycles. The van der Waals surface area contributed by atoms with Gasteiger partial charge in [-0.15, -0.1) is 0 Å². The number of nitrogens with one attached hydrogen (secondary N) is 1. The number of benzene rings is 1. The first kappa shape index (κ1) is 17.3. The summed E-state index contributed by atoms with van der Waals surface area (Å²) in [5.41, 5.74) is 1.25. The van der Waals surface area contributed by atoms with Gasteiger partial charge in [0.1, 0.15) is 5.75 Å². The summed E-state index contributed by atoms with van der Waals surface area (Å²) in [7, 11) is 0. The predicted octanol–water partition coefficient (Wildman–Crippen LogP) is 4.70. The lowest BCUT2D eigenvalue weighted by Gasteiger charge is -2.13. The van der Waals surface area contributed by atoms with Crippen molar-refractivity contribution in [3.8, 4) is 5.75 Å². The van der Waals surface area contributed by atoms with Gasteiger partial charge < -0.3 is 10.1 Å². The van der Waals surface area contributed by atoms with Crippen molar-refractivity contribution in [1.29, 1.82) is 0 Å². The van der Waals surface area contributed by atoms with Crippen LogP contribution in [0.2, 0.25) is 0 Å². The summed E-state index contributed by atoms with van der Waals surface area (Å²) in [4.78, 5) is 0. The van der Waals surface area contributed by atoms with Gasteiger partial charge in [0.25, 0.3) is 0 Å². The van der Waals surface area contributed by atoms with Crippen LogP contribution in [0.1, 0.15) is 19.4 Å². The van der Waals surface area contributed by atoms with E-state index in [0.29, 0.717) is 5.92 Å². The maximum absolute atomic E-state index is 5.77. The molecule has 0 heterocycles. The van der Waals surface area contributed by atoms with Gasteiger partial charge in [0.05, 0.1) is 15.6 Å². The maximum atomic E-state index is 5.77. The standard InChI is InChI=1S/C14H21Br2NOS/c1-10(2)8-17-9-11-6-12(15)14(13(16)7-11)18-4-5-19-3/h6-7,10,17H,4-5,8-9H2,1-3H3. The van der Waals surface area contributed by atoms with Crippen molar-refractivity contribution >= 4 is 43.6 Å². The Kier molecular flexibility index (Phi) is 8.46. The lowest BCUT2D eigenvalue weighted by atomic mass is 10.2. The van der Waals surface area contributed by atoms with Gasteiger partial charge in [-0.3, -0.25) is 0 Å². The Morgan fingerprint density at radius 2 is 1.89 bits per heavy atom. The molecule has 0 saturated carbocycles. The number of ether oxygens (including phenoxy) is 1. The van der Waals surface area contributed by atoms with Crippen LogP contribution in [-0.4, -0.2) is 25.2 Å². The summed E-state index contributed by atoms with van der Waals surface area (Å²) in [5.74, 6) is 2.55. The first-order valence-corrected chi connectivity index (χ1v) is 9.33. The maximum Gasteiger partial charge on any atom is 0.147 e. The van der Waals surface area contributed by atoms with Crippen molar-refractivity contribution in [3.63, 3.8) is 0 Å². The monoisotopic (exact) mass is 409 g/mol. The summed E-state index contributed by atoms with van der Waals surface area (Å²) >= 11 is 8.95. The van der Waals surface area contributed by atoms with Gasteiger partial charge in [-0.1, -0.05) is 13.8 Å². The fourth-order valence-corrected chi connectivity index (χ4v) is 3.34. The Bertz CT molecular complexity index is 376. The van der Waals surface area contributed by atoms with Crippen LogP contribution in [0.15, 0.2) is 21.1 Å². The van der Waals surface area contributed by atoms with Crippen LogP contribution in [-0.2, 0) is 6.54 Å². The van der Waals surface area contributed by atoms with Crippen molar-refractivity contribution < 1.29 is 4.74 Å². The Morgan fingerprint density at radius 1 is 1.26 bits per heavy atom. The van der Waals surface area contributed by atoms with Crippen LogP contribution in [0.25, 0.3) is 0 Å². The molecule has 1 rings (SSSR count). The van der Waals surface area contributed by atoms with Crippen LogP contribution < -0.4 is 10.1 Å². The third-order valence-electron chi connectivity index (χ3n) is 2.47. The number of hydrogen-bond acceptors (Lipinski definition) is 3. The van der Waals surface area contributed by atoms with E-state index in [1.165, 1.54) is 5.56 Å². The van der Waals surface area contributed by atoms with E-state index >= 15 is 0 Å². The van der Waals surface area contributed by atoms with Crippen molar-refractivity contribution in [2.45, 2.75) is 20.4 Å². The van der Waals surface area contributed by atoms with Gasteiger partial charge >= 0.3 is 0 Å². The second-order valence-corrected chi connectivity index (χ2v) is 7.45. The van der Waals surface area contributed by atoms with Crippen LogP contribution >= 0.6 is 43.6 Å². The molecule has 0 atom stereocenters. The molecule has 5 heteroatoms. The van der Waals surface area contributed by atoms with Crippen LogP contribution in [0, 0.1) is 5.92 Å². The van der Waals surface area contributed by atoms with E-state index in [0.717, 1.165) is 40.1 Å². The minimum absolute atomic E-state index is 0.668. The Morgan fingerprint density at radius 3 is 2.42 bits per heavy atom. The summed E-state index contributed by atoms with van der Waals surface area (Å²) in [6.45, 7) is 7.05. The van der Waals surface area contributed by atoms with E-state index in [2.05, 4.69) is 69.4 Å². The van der Waals surface area contributed by atoms with Crippen molar-refractivity contribution in [3.05, 3.63) is 26.6 Å². The largest absolute Gasteiger partial charge is 0.490 e. The molecule has 0 fully saturated rings. The van der Waals surface area contributed by atoms with Crippen molar-refractivity contribution in [2.24, 2.45) is 5.92 Å². The van der Waals surface area contributed by atoms with E-state index in [1.54, 1.807) is 11.8 Å². The van der Waals surface area contributed by atoms with Crippen molar-refractivity contribution in [1.82, 2.24) is 5.32 Å². The number of hydrogen-bond donors (Lipinski definition) is 1. The van der Waals surface area contributed by atoms with Gasteiger partial charge in [0.2, 0.25) is 0 Å². The zero-order valence-corrected chi connectivity index (χ0v) is 15.6. The third-order valence-corrected chi connectivity index (χ3v) is 4.23. The molecule has 0 unspecified atom stereocenters. The predicted molar refractivity (Wildman–Crippen MR) is 92.3 cm³/mol. The molecule has 0 spiro atoms. The molecule has 0 saturated heterocycles. The molecule has 108 valence electrons. The summed E-state index contributed by atoms with van der Waals surface area (Å²) in [5, 5.41) is 3.44. The Hall–Kier alpha value is 0.290. The zero-order valence-electron chi connectivity index (χ0n) is 11.6. The smallest absolute Gasteiger partial charge is 0.147 e.